The van der Waals surface area contributed by atoms with Gasteiger partial charge in [0, 0.05) is 24.7 Å². The Morgan fingerprint density at radius 1 is 1.06 bits per heavy atom. The third kappa shape index (κ3) is 4.09. The van der Waals surface area contributed by atoms with Crippen LogP contribution in [0.3, 0.4) is 0 Å². The third-order valence-corrected chi connectivity index (χ3v) is 8.06. The van der Waals surface area contributed by atoms with Crippen LogP contribution in [0.2, 0.25) is 0 Å². The fourth-order valence-electron chi connectivity index (χ4n) is 6.12. The van der Waals surface area contributed by atoms with Crippen molar-refractivity contribution in [1.29, 1.82) is 0 Å². The highest BCUT2D eigenvalue weighted by Crippen LogP contribution is 2.33. The molecule has 6 nitrogen and oxygen atoms in total. The Kier molecular flexibility index (Phi) is 6.05. The molecule has 2 aromatic carbocycles. The summed E-state index contributed by atoms with van der Waals surface area (Å²) >= 11 is 0. The molecular weight excluding hydrogens is 446 g/mol. The Labute approximate surface area is 212 Å². The van der Waals surface area contributed by atoms with Gasteiger partial charge in [-0.1, -0.05) is 30.3 Å². The number of fused-ring (bicyclic) bond motifs is 4. The zero-order valence-electron chi connectivity index (χ0n) is 21.1. The third-order valence-electron chi connectivity index (χ3n) is 8.06. The molecule has 4 aromatic rings. The highest BCUT2D eigenvalue weighted by molar-refractivity contribution is 5.93. The quantitative estimate of drug-likeness (QED) is 0.454. The molecular formula is C30H33N5O. The second kappa shape index (κ2) is 9.51. The number of hydrogen-bond donors (Lipinski definition) is 1. The first kappa shape index (κ1) is 22.9. The van der Waals surface area contributed by atoms with E-state index >= 15 is 0 Å². The average Bonchev–Trinajstić information content (AvgIpc) is 3.36. The van der Waals surface area contributed by atoms with Crippen molar-refractivity contribution in [3.63, 3.8) is 0 Å². The number of likely N-dealkylation sites (tertiary alicyclic amines) is 1. The van der Waals surface area contributed by atoms with Gasteiger partial charge in [-0.2, -0.15) is 0 Å². The molecule has 4 heterocycles. The molecule has 2 aromatic heterocycles. The van der Waals surface area contributed by atoms with Crippen LogP contribution in [0.25, 0.3) is 16.6 Å². The molecule has 184 valence electrons. The minimum absolute atomic E-state index is 0.110. The first-order valence-electron chi connectivity index (χ1n) is 13.1. The van der Waals surface area contributed by atoms with Crippen molar-refractivity contribution in [2.45, 2.75) is 44.9 Å². The minimum Gasteiger partial charge on any atom is -0.354 e. The van der Waals surface area contributed by atoms with Gasteiger partial charge in [-0.05, 0) is 92.9 Å². The van der Waals surface area contributed by atoms with Crippen LogP contribution in [0.1, 0.15) is 57.3 Å². The summed E-state index contributed by atoms with van der Waals surface area (Å²) in [7, 11) is 1.66. The summed E-state index contributed by atoms with van der Waals surface area (Å²) in [6.07, 6.45) is 7.05. The normalized spacial score (nSPS) is 16.1. The van der Waals surface area contributed by atoms with E-state index in [2.05, 4.69) is 75.2 Å². The molecule has 1 N–H and O–H groups in total. The molecule has 1 amide bonds. The van der Waals surface area contributed by atoms with Gasteiger partial charge in [0.2, 0.25) is 0 Å². The van der Waals surface area contributed by atoms with Gasteiger partial charge in [-0.25, -0.2) is 4.98 Å². The predicted octanol–water partition coefficient (Wildman–Crippen LogP) is 4.61. The van der Waals surface area contributed by atoms with E-state index in [0.717, 1.165) is 55.8 Å². The van der Waals surface area contributed by atoms with E-state index in [1.807, 2.05) is 0 Å². The van der Waals surface area contributed by atoms with Crippen molar-refractivity contribution in [1.82, 2.24) is 24.8 Å². The van der Waals surface area contributed by atoms with Gasteiger partial charge >= 0.3 is 0 Å². The summed E-state index contributed by atoms with van der Waals surface area (Å²) in [5, 5.41) is 4.03. The molecule has 0 spiro atoms. The Hall–Kier alpha value is -3.51. The Balaban J connectivity index is 1.13. The van der Waals surface area contributed by atoms with Gasteiger partial charge in [-0.15, -0.1) is 0 Å². The lowest BCUT2D eigenvalue weighted by atomic mass is 9.87. The Morgan fingerprint density at radius 2 is 1.89 bits per heavy atom. The van der Waals surface area contributed by atoms with Crippen molar-refractivity contribution in [2.75, 3.05) is 26.7 Å². The number of amides is 1. The molecule has 0 radical (unpaired) electrons. The molecule has 1 saturated heterocycles. The van der Waals surface area contributed by atoms with Crippen LogP contribution in [0.5, 0.6) is 0 Å². The topological polar surface area (TPSA) is 63.1 Å². The van der Waals surface area contributed by atoms with Crippen LogP contribution in [0.4, 0.5) is 0 Å². The minimum atomic E-state index is -0.110. The molecule has 1 fully saturated rings. The van der Waals surface area contributed by atoms with Crippen LogP contribution in [-0.4, -0.2) is 52.0 Å². The van der Waals surface area contributed by atoms with Gasteiger partial charge in [0.05, 0.1) is 16.9 Å². The lowest BCUT2D eigenvalue weighted by Crippen LogP contribution is -2.34. The van der Waals surface area contributed by atoms with Crippen molar-refractivity contribution in [3.05, 3.63) is 88.6 Å². The zero-order chi connectivity index (χ0) is 24.6. The lowest BCUT2D eigenvalue weighted by Gasteiger charge is -2.33. The van der Waals surface area contributed by atoms with Crippen LogP contribution in [0.15, 0.2) is 54.9 Å². The summed E-state index contributed by atoms with van der Waals surface area (Å²) in [6.45, 7) is 5.41. The molecule has 2 aliphatic rings. The number of nitrogens with one attached hydrogen (secondary N) is 1. The van der Waals surface area contributed by atoms with Crippen molar-refractivity contribution in [2.24, 2.45) is 0 Å². The van der Waals surface area contributed by atoms with Crippen LogP contribution in [-0.2, 0) is 19.3 Å². The average molecular weight is 480 g/mol. The maximum absolute atomic E-state index is 12.2. The number of hydrogen-bond acceptors (Lipinski definition) is 4. The number of carbonyl (C=O) groups excluding carboxylic acids is 1. The summed E-state index contributed by atoms with van der Waals surface area (Å²) in [6, 6.07) is 17.6. The maximum atomic E-state index is 12.2. The Morgan fingerprint density at radius 3 is 2.72 bits per heavy atom. The Bertz CT molecular complexity index is 1430. The van der Waals surface area contributed by atoms with Crippen LogP contribution >= 0.6 is 0 Å². The maximum Gasteiger partial charge on any atom is 0.271 e. The highest BCUT2D eigenvalue weighted by atomic mass is 16.1. The first-order chi connectivity index (χ1) is 17.6. The van der Waals surface area contributed by atoms with Gasteiger partial charge in [-0.3, -0.25) is 9.78 Å². The molecule has 0 bridgehead atoms. The van der Waals surface area contributed by atoms with Crippen molar-refractivity contribution < 1.29 is 4.79 Å². The number of rotatable bonds is 5. The second-order valence-corrected chi connectivity index (χ2v) is 10.1. The number of nitrogens with zero attached hydrogens (tertiary/aromatic N) is 4. The monoisotopic (exact) mass is 479 g/mol. The van der Waals surface area contributed by atoms with E-state index in [9.17, 15) is 4.79 Å². The fraction of sp³-hybridized carbons (Fsp3) is 0.367. The van der Waals surface area contributed by atoms with Crippen LogP contribution < -0.4 is 5.32 Å². The van der Waals surface area contributed by atoms with Gasteiger partial charge in [0.25, 0.3) is 5.91 Å². The number of aryl methyl sites for hydroxylation is 1. The van der Waals surface area contributed by atoms with Crippen molar-refractivity contribution in [3.8, 4) is 5.69 Å². The number of imidazole rings is 1. The SMILES string of the molecule is CNC(=O)c1ncn2c1CCc1c(CCN3CCC(c4cccc5nc(C)ccc45)CC3)cccc1-2. The van der Waals surface area contributed by atoms with E-state index in [4.69, 9.17) is 4.98 Å². The van der Waals surface area contributed by atoms with Crippen LogP contribution in [0, 0.1) is 6.92 Å². The van der Waals surface area contributed by atoms with Gasteiger partial charge < -0.3 is 14.8 Å². The van der Waals surface area contributed by atoms with Gasteiger partial charge in [0.15, 0.2) is 0 Å². The van der Waals surface area contributed by atoms with E-state index in [-0.39, 0.29) is 5.91 Å². The molecule has 0 unspecified atom stereocenters. The molecule has 0 atom stereocenters. The molecule has 0 aliphatic carbocycles. The van der Waals surface area contributed by atoms with Gasteiger partial charge in [0.1, 0.15) is 12.0 Å². The smallest absolute Gasteiger partial charge is 0.271 e. The largest absolute Gasteiger partial charge is 0.354 e. The number of piperidine rings is 1. The summed E-state index contributed by atoms with van der Waals surface area (Å²) in [5.41, 5.74) is 9.22. The number of aromatic nitrogens is 3. The molecule has 2 aliphatic heterocycles. The molecule has 6 heteroatoms. The van der Waals surface area contributed by atoms with E-state index < -0.39 is 0 Å². The molecule has 36 heavy (non-hydrogen) atoms. The number of carbonyl (C=O) groups is 1. The predicted molar refractivity (Wildman–Crippen MR) is 143 cm³/mol. The number of benzene rings is 2. The summed E-state index contributed by atoms with van der Waals surface area (Å²) in [5.74, 6) is 0.495. The number of pyridine rings is 1. The van der Waals surface area contributed by atoms with E-state index in [1.54, 1.807) is 13.4 Å². The molecule has 0 saturated carbocycles. The fourth-order valence-corrected chi connectivity index (χ4v) is 6.12. The first-order valence-corrected chi connectivity index (χ1v) is 13.1. The zero-order valence-corrected chi connectivity index (χ0v) is 21.1. The second-order valence-electron chi connectivity index (χ2n) is 10.1. The van der Waals surface area contributed by atoms with Crippen molar-refractivity contribution >= 4 is 16.8 Å². The molecule has 6 rings (SSSR count). The lowest BCUT2D eigenvalue weighted by molar-refractivity contribution is 0.0957. The highest BCUT2D eigenvalue weighted by Gasteiger charge is 2.25. The van der Waals surface area contributed by atoms with E-state index in [1.165, 1.54) is 40.6 Å². The summed E-state index contributed by atoms with van der Waals surface area (Å²) in [4.78, 5) is 24.0. The van der Waals surface area contributed by atoms with E-state index in [0.29, 0.717) is 11.6 Å². The standard InChI is InChI=1S/C30H33N5O/c1-20-9-10-25-23(6-4-7-26(25)33-20)22-14-17-34(18-15-22)16-13-21-5-3-8-27-24(21)11-12-28-29(30(36)31-2)32-19-35(27)28/h3-10,19,22H,11-18H2,1-2H3,(H,31,36). The summed E-state index contributed by atoms with van der Waals surface area (Å²) < 4.78 is 2.11.